The van der Waals surface area contributed by atoms with Gasteiger partial charge in [-0.05, 0) is 62.8 Å². The molecule has 1 heterocycles. The summed E-state index contributed by atoms with van der Waals surface area (Å²) in [5, 5.41) is 3.32. The minimum Gasteiger partial charge on any atom is -0.484 e. The van der Waals surface area contributed by atoms with Crippen molar-refractivity contribution in [2.75, 3.05) is 25.1 Å². The molecule has 1 unspecified atom stereocenters. The first-order valence-corrected chi connectivity index (χ1v) is 11.3. The Morgan fingerprint density at radius 3 is 2.61 bits per heavy atom. The molecule has 1 N–H and O–H groups in total. The summed E-state index contributed by atoms with van der Waals surface area (Å²) in [7, 11) is 0. The SMILES string of the molecule is CCOC(=O)c1cccc(OCC(=O)Nc2sc3c(c2C(=O)OCC)CCC(C)C3)c1. The van der Waals surface area contributed by atoms with E-state index in [-0.39, 0.29) is 19.8 Å². The number of benzene rings is 1. The fourth-order valence-corrected chi connectivity index (χ4v) is 4.91. The summed E-state index contributed by atoms with van der Waals surface area (Å²) >= 11 is 1.43. The van der Waals surface area contributed by atoms with E-state index in [1.54, 1.807) is 32.0 Å². The van der Waals surface area contributed by atoms with Crippen molar-refractivity contribution in [2.24, 2.45) is 5.92 Å². The fourth-order valence-electron chi connectivity index (χ4n) is 3.50. The quantitative estimate of drug-likeness (QED) is 0.611. The van der Waals surface area contributed by atoms with Crippen LogP contribution in [-0.2, 0) is 27.1 Å². The molecule has 0 aliphatic heterocycles. The van der Waals surface area contributed by atoms with Crippen molar-refractivity contribution in [1.82, 2.24) is 0 Å². The second-order valence-corrected chi connectivity index (χ2v) is 8.47. The lowest BCUT2D eigenvalue weighted by Gasteiger charge is -2.18. The largest absolute Gasteiger partial charge is 0.484 e. The molecule has 1 aliphatic carbocycles. The van der Waals surface area contributed by atoms with Crippen LogP contribution in [-0.4, -0.2) is 37.7 Å². The van der Waals surface area contributed by atoms with Gasteiger partial charge in [0.2, 0.25) is 0 Å². The average Bonchev–Trinajstić information content (AvgIpc) is 3.09. The zero-order chi connectivity index (χ0) is 22.4. The third-order valence-electron chi connectivity index (χ3n) is 4.96. The Morgan fingerprint density at radius 2 is 1.87 bits per heavy atom. The Labute approximate surface area is 185 Å². The molecule has 0 spiro atoms. The van der Waals surface area contributed by atoms with Crippen LogP contribution in [0.25, 0.3) is 0 Å². The Morgan fingerprint density at radius 1 is 1.13 bits per heavy atom. The number of thiophene rings is 1. The van der Waals surface area contributed by atoms with Gasteiger partial charge < -0.3 is 19.5 Å². The standard InChI is InChI=1S/C23H27NO6S/c1-4-28-22(26)15-7-6-8-16(12-15)30-13-19(25)24-21-20(23(27)29-5-2)17-10-9-14(3)11-18(17)31-21/h6-8,12,14H,4-5,9-11,13H2,1-3H3,(H,24,25). The zero-order valence-electron chi connectivity index (χ0n) is 18.0. The van der Waals surface area contributed by atoms with E-state index in [4.69, 9.17) is 14.2 Å². The Kier molecular flexibility index (Phi) is 7.68. The van der Waals surface area contributed by atoms with Crippen molar-refractivity contribution in [3.63, 3.8) is 0 Å². The molecule has 0 saturated heterocycles. The highest BCUT2D eigenvalue weighted by Gasteiger charge is 2.29. The van der Waals surface area contributed by atoms with E-state index in [0.717, 1.165) is 29.7 Å². The Balaban J connectivity index is 1.70. The molecule has 31 heavy (non-hydrogen) atoms. The van der Waals surface area contributed by atoms with Gasteiger partial charge in [0.25, 0.3) is 5.91 Å². The number of nitrogens with one attached hydrogen (secondary N) is 1. The van der Waals surface area contributed by atoms with Crippen LogP contribution in [0.4, 0.5) is 5.00 Å². The Bertz CT molecular complexity index is 967. The molecule has 3 rings (SSSR count). The first kappa shape index (κ1) is 22.8. The van der Waals surface area contributed by atoms with Gasteiger partial charge >= 0.3 is 11.9 Å². The number of fused-ring (bicyclic) bond motifs is 1. The Hall–Kier alpha value is -2.87. The lowest BCUT2D eigenvalue weighted by atomic mass is 9.88. The van der Waals surface area contributed by atoms with Crippen molar-refractivity contribution >= 4 is 34.2 Å². The topological polar surface area (TPSA) is 90.9 Å². The average molecular weight is 446 g/mol. The van der Waals surface area contributed by atoms with E-state index < -0.39 is 17.8 Å². The van der Waals surface area contributed by atoms with Crippen molar-refractivity contribution in [3.8, 4) is 5.75 Å². The number of ether oxygens (including phenoxy) is 3. The van der Waals surface area contributed by atoms with Crippen LogP contribution in [0, 0.1) is 5.92 Å². The van der Waals surface area contributed by atoms with Gasteiger partial charge in [0, 0.05) is 4.88 Å². The van der Waals surface area contributed by atoms with Crippen molar-refractivity contribution in [3.05, 3.63) is 45.8 Å². The molecule has 1 aliphatic rings. The van der Waals surface area contributed by atoms with Gasteiger partial charge in [0.1, 0.15) is 10.8 Å². The molecular formula is C23H27NO6S. The molecule has 0 fully saturated rings. The van der Waals surface area contributed by atoms with Gasteiger partial charge in [-0.25, -0.2) is 9.59 Å². The number of hydrogen-bond donors (Lipinski definition) is 1. The normalized spacial score (nSPS) is 15.0. The van der Waals surface area contributed by atoms with Crippen LogP contribution < -0.4 is 10.1 Å². The van der Waals surface area contributed by atoms with E-state index >= 15 is 0 Å². The number of hydrogen-bond acceptors (Lipinski definition) is 7. The maximum absolute atomic E-state index is 12.6. The molecule has 0 radical (unpaired) electrons. The lowest BCUT2D eigenvalue weighted by Crippen LogP contribution is -2.21. The molecule has 1 atom stereocenters. The van der Waals surface area contributed by atoms with Gasteiger partial charge in [0.15, 0.2) is 6.61 Å². The van der Waals surface area contributed by atoms with Crippen LogP contribution in [0.2, 0.25) is 0 Å². The molecule has 7 nitrogen and oxygen atoms in total. The highest BCUT2D eigenvalue weighted by atomic mass is 32.1. The van der Waals surface area contributed by atoms with Crippen molar-refractivity contribution in [2.45, 2.75) is 40.0 Å². The highest BCUT2D eigenvalue weighted by molar-refractivity contribution is 7.17. The number of esters is 2. The van der Waals surface area contributed by atoms with Crippen molar-refractivity contribution < 1.29 is 28.6 Å². The number of carbonyl (C=O) groups is 3. The van der Waals surface area contributed by atoms with Crippen LogP contribution in [0.3, 0.4) is 0 Å². The van der Waals surface area contributed by atoms with Gasteiger partial charge in [-0.3, -0.25) is 4.79 Å². The van der Waals surface area contributed by atoms with E-state index in [0.29, 0.717) is 27.8 Å². The van der Waals surface area contributed by atoms with Gasteiger partial charge in [-0.15, -0.1) is 11.3 Å². The smallest absolute Gasteiger partial charge is 0.341 e. The van der Waals surface area contributed by atoms with Gasteiger partial charge in [0.05, 0.1) is 24.3 Å². The molecule has 0 bridgehead atoms. The second kappa shape index (κ2) is 10.4. The van der Waals surface area contributed by atoms with Gasteiger partial charge in [-0.1, -0.05) is 13.0 Å². The number of rotatable bonds is 8. The van der Waals surface area contributed by atoms with Crippen LogP contribution >= 0.6 is 11.3 Å². The summed E-state index contributed by atoms with van der Waals surface area (Å²) in [6.45, 7) is 5.97. The highest BCUT2D eigenvalue weighted by Crippen LogP contribution is 2.40. The van der Waals surface area contributed by atoms with E-state index in [9.17, 15) is 14.4 Å². The summed E-state index contributed by atoms with van der Waals surface area (Å²) in [5.41, 5.74) is 1.80. The first-order chi connectivity index (χ1) is 14.9. The predicted molar refractivity (Wildman–Crippen MR) is 118 cm³/mol. The summed E-state index contributed by atoms with van der Waals surface area (Å²) in [6, 6.07) is 6.46. The third kappa shape index (κ3) is 5.64. The van der Waals surface area contributed by atoms with Crippen LogP contribution in [0.5, 0.6) is 5.75 Å². The maximum atomic E-state index is 12.6. The molecule has 2 aromatic rings. The predicted octanol–water partition coefficient (Wildman–Crippen LogP) is 4.24. The lowest BCUT2D eigenvalue weighted by molar-refractivity contribution is -0.118. The maximum Gasteiger partial charge on any atom is 0.341 e. The summed E-state index contributed by atoms with van der Waals surface area (Å²) in [6.07, 6.45) is 2.69. The molecule has 8 heteroatoms. The van der Waals surface area contributed by atoms with Crippen LogP contribution in [0.1, 0.15) is 58.3 Å². The number of amides is 1. The van der Waals surface area contributed by atoms with E-state index in [2.05, 4.69) is 12.2 Å². The molecule has 1 aromatic carbocycles. The van der Waals surface area contributed by atoms with Gasteiger partial charge in [-0.2, -0.15) is 0 Å². The van der Waals surface area contributed by atoms with Crippen molar-refractivity contribution in [1.29, 1.82) is 0 Å². The molecule has 166 valence electrons. The molecular weight excluding hydrogens is 418 g/mol. The summed E-state index contributed by atoms with van der Waals surface area (Å²) in [4.78, 5) is 38.1. The fraction of sp³-hybridized carbons (Fsp3) is 0.435. The van der Waals surface area contributed by atoms with E-state index in [1.165, 1.54) is 17.4 Å². The summed E-state index contributed by atoms with van der Waals surface area (Å²) in [5.74, 6) is -0.327. The van der Waals surface area contributed by atoms with Crippen LogP contribution in [0.15, 0.2) is 24.3 Å². The molecule has 1 aromatic heterocycles. The zero-order valence-corrected chi connectivity index (χ0v) is 18.8. The second-order valence-electron chi connectivity index (χ2n) is 7.36. The molecule has 1 amide bonds. The first-order valence-electron chi connectivity index (χ1n) is 10.4. The minimum absolute atomic E-state index is 0.256. The number of anilines is 1. The third-order valence-corrected chi connectivity index (χ3v) is 6.13. The number of carbonyl (C=O) groups excluding carboxylic acids is 3. The minimum atomic E-state index is -0.449. The summed E-state index contributed by atoms with van der Waals surface area (Å²) < 4.78 is 15.7. The molecule has 0 saturated carbocycles. The monoisotopic (exact) mass is 445 g/mol. The van der Waals surface area contributed by atoms with E-state index in [1.807, 2.05) is 0 Å².